The summed E-state index contributed by atoms with van der Waals surface area (Å²) in [5.41, 5.74) is 0. The molecule has 3 heteroatoms. The SMILES string of the molecule is CC.CN1CCN2C(=O)CCC2C1. The quantitative estimate of drug-likeness (QED) is 0.559. The molecule has 3 nitrogen and oxygen atoms in total. The van der Waals surface area contributed by atoms with Gasteiger partial charge in [-0.25, -0.2) is 0 Å². The summed E-state index contributed by atoms with van der Waals surface area (Å²) < 4.78 is 0. The topological polar surface area (TPSA) is 23.6 Å². The zero-order valence-corrected chi connectivity index (χ0v) is 8.92. The zero-order valence-electron chi connectivity index (χ0n) is 8.92. The van der Waals surface area contributed by atoms with Gasteiger partial charge in [-0.1, -0.05) is 13.8 Å². The number of piperazine rings is 1. The maximum Gasteiger partial charge on any atom is 0.222 e. The van der Waals surface area contributed by atoms with E-state index in [-0.39, 0.29) is 0 Å². The lowest BCUT2D eigenvalue weighted by Crippen LogP contribution is -2.49. The van der Waals surface area contributed by atoms with Crippen molar-refractivity contribution < 1.29 is 4.79 Å². The average molecular weight is 184 g/mol. The van der Waals surface area contributed by atoms with Crippen LogP contribution in [-0.2, 0) is 4.79 Å². The molecule has 76 valence electrons. The van der Waals surface area contributed by atoms with Crippen LogP contribution in [0, 0.1) is 0 Å². The largest absolute Gasteiger partial charge is 0.337 e. The van der Waals surface area contributed by atoms with Gasteiger partial charge in [0.1, 0.15) is 0 Å². The van der Waals surface area contributed by atoms with Gasteiger partial charge in [-0.2, -0.15) is 0 Å². The molecule has 1 atom stereocenters. The van der Waals surface area contributed by atoms with Crippen molar-refractivity contribution in [2.45, 2.75) is 32.7 Å². The van der Waals surface area contributed by atoms with Crippen LogP contribution in [0.15, 0.2) is 0 Å². The molecule has 0 bridgehead atoms. The molecule has 1 amide bonds. The van der Waals surface area contributed by atoms with Gasteiger partial charge in [0.2, 0.25) is 5.91 Å². The standard InChI is InChI=1S/C8H14N2O.C2H6/c1-9-4-5-10-7(6-9)2-3-8(10)11;1-2/h7H,2-6H2,1H3;1-2H3. The van der Waals surface area contributed by atoms with Crippen molar-refractivity contribution in [3.63, 3.8) is 0 Å². The predicted octanol–water partition coefficient (Wildman–Crippen LogP) is 0.949. The number of amides is 1. The van der Waals surface area contributed by atoms with E-state index >= 15 is 0 Å². The van der Waals surface area contributed by atoms with E-state index < -0.39 is 0 Å². The second-order valence-corrected chi connectivity index (χ2v) is 3.54. The Morgan fingerprint density at radius 3 is 2.69 bits per heavy atom. The van der Waals surface area contributed by atoms with Gasteiger partial charge in [-0.05, 0) is 13.5 Å². The molecule has 1 unspecified atom stereocenters. The van der Waals surface area contributed by atoms with Crippen LogP contribution in [0.2, 0.25) is 0 Å². The van der Waals surface area contributed by atoms with Gasteiger partial charge in [0.25, 0.3) is 0 Å². The highest BCUT2D eigenvalue weighted by Gasteiger charge is 2.33. The third-order valence-electron chi connectivity index (χ3n) is 2.70. The zero-order chi connectivity index (χ0) is 9.84. The van der Waals surface area contributed by atoms with Crippen LogP contribution >= 0.6 is 0 Å². The van der Waals surface area contributed by atoms with Gasteiger partial charge in [-0.15, -0.1) is 0 Å². The Bertz CT molecular complexity index is 182. The van der Waals surface area contributed by atoms with Gasteiger partial charge >= 0.3 is 0 Å². The summed E-state index contributed by atoms with van der Waals surface area (Å²) in [4.78, 5) is 15.6. The van der Waals surface area contributed by atoms with Crippen molar-refractivity contribution >= 4 is 5.91 Å². The molecule has 0 radical (unpaired) electrons. The minimum atomic E-state index is 0.364. The Balaban J connectivity index is 0.000000396. The smallest absolute Gasteiger partial charge is 0.222 e. The molecule has 2 heterocycles. The summed E-state index contributed by atoms with van der Waals surface area (Å²) in [7, 11) is 2.13. The fourth-order valence-corrected chi connectivity index (χ4v) is 2.02. The van der Waals surface area contributed by atoms with E-state index in [4.69, 9.17) is 0 Å². The molecule has 0 aromatic carbocycles. The molecule has 0 spiro atoms. The molecule has 0 aromatic rings. The molecule has 2 aliphatic heterocycles. The van der Waals surface area contributed by atoms with E-state index in [1.807, 2.05) is 18.7 Å². The van der Waals surface area contributed by atoms with Gasteiger partial charge in [0.15, 0.2) is 0 Å². The Kier molecular flexibility index (Phi) is 3.72. The molecular weight excluding hydrogens is 164 g/mol. The maximum atomic E-state index is 11.2. The van der Waals surface area contributed by atoms with E-state index in [1.165, 1.54) is 0 Å². The van der Waals surface area contributed by atoms with Crippen LogP contribution < -0.4 is 0 Å². The molecule has 0 aliphatic carbocycles. The highest BCUT2D eigenvalue weighted by atomic mass is 16.2. The Morgan fingerprint density at radius 2 is 2.00 bits per heavy atom. The lowest BCUT2D eigenvalue weighted by Gasteiger charge is -2.35. The van der Waals surface area contributed by atoms with Gasteiger partial charge in [0, 0.05) is 32.1 Å². The Labute approximate surface area is 80.7 Å². The fraction of sp³-hybridized carbons (Fsp3) is 0.900. The molecule has 0 N–H and O–H groups in total. The number of hydrogen-bond donors (Lipinski definition) is 0. The number of hydrogen-bond acceptors (Lipinski definition) is 2. The Morgan fingerprint density at radius 1 is 1.31 bits per heavy atom. The third kappa shape index (κ3) is 2.21. The summed E-state index contributed by atoms with van der Waals surface area (Å²) >= 11 is 0. The summed E-state index contributed by atoms with van der Waals surface area (Å²) in [6.07, 6.45) is 1.85. The first-order valence-electron chi connectivity index (χ1n) is 5.25. The second-order valence-electron chi connectivity index (χ2n) is 3.54. The maximum absolute atomic E-state index is 11.2. The van der Waals surface area contributed by atoms with E-state index in [9.17, 15) is 4.79 Å². The van der Waals surface area contributed by atoms with E-state index in [1.54, 1.807) is 0 Å². The summed E-state index contributed by atoms with van der Waals surface area (Å²) in [6.45, 7) is 7.06. The van der Waals surface area contributed by atoms with Crippen molar-refractivity contribution in [2.24, 2.45) is 0 Å². The highest BCUT2D eigenvalue weighted by Crippen LogP contribution is 2.21. The minimum Gasteiger partial charge on any atom is -0.337 e. The van der Waals surface area contributed by atoms with Crippen LogP contribution in [0.3, 0.4) is 0 Å². The fourth-order valence-electron chi connectivity index (χ4n) is 2.02. The van der Waals surface area contributed by atoms with Crippen LogP contribution in [-0.4, -0.2) is 48.4 Å². The lowest BCUT2D eigenvalue weighted by atomic mass is 10.2. The number of rotatable bonds is 0. The predicted molar refractivity (Wildman–Crippen MR) is 53.6 cm³/mol. The van der Waals surface area contributed by atoms with Gasteiger partial charge in [-0.3, -0.25) is 4.79 Å². The molecule has 2 fully saturated rings. The summed E-state index contributed by atoms with van der Waals surface area (Å²) in [5, 5.41) is 0. The van der Waals surface area contributed by atoms with Crippen molar-refractivity contribution in [3.05, 3.63) is 0 Å². The molecular formula is C10H20N2O. The van der Waals surface area contributed by atoms with E-state index in [0.29, 0.717) is 11.9 Å². The minimum absolute atomic E-state index is 0.364. The van der Waals surface area contributed by atoms with Crippen molar-refractivity contribution in [1.29, 1.82) is 0 Å². The summed E-state index contributed by atoms with van der Waals surface area (Å²) in [6, 6.07) is 0.529. The number of nitrogens with zero attached hydrogens (tertiary/aromatic N) is 2. The van der Waals surface area contributed by atoms with Crippen LogP contribution in [0.25, 0.3) is 0 Å². The van der Waals surface area contributed by atoms with Crippen molar-refractivity contribution in [1.82, 2.24) is 9.80 Å². The lowest BCUT2D eigenvalue weighted by molar-refractivity contribution is -0.130. The first-order valence-corrected chi connectivity index (χ1v) is 5.25. The second kappa shape index (κ2) is 4.61. The van der Waals surface area contributed by atoms with Crippen LogP contribution in [0.4, 0.5) is 0 Å². The molecule has 13 heavy (non-hydrogen) atoms. The molecule has 2 rings (SSSR count). The normalized spacial score (nSPS) is 28.1. The van der Waals surface area contributed by atoms with E-state index in [0.717, 1.165) is 32.5 Å². The van der Waals surface area contributed by atoms with Gasteiger partial charge < -0.3 is 9.80 Å². The summed E-state index contributed by atoms with van der Waals surface area (Å²) in [5.74, 6) is 0.364. The number of carbonyl (C=O) groups is 1. The van der Waals surface area contributed by atoms with E-state index in [2.05, 4.69) is 11.9 Å². The third-order valence-corrected chi connectivity index (χ3v) is 2.70. The van der Waals surface area contributed by atoms with Crippen LogP contribution in [0.1, 0.15) is 26.7 Å². The molecule has 2 saturated heterocycles. The average Bonchev–Trinajstić information content (AvgIpc) is 2.51. The van der Waals surface area contributed by atoms with Crippen LogP contribution in [0.5, 0.6) is 0 Å². The molecule has 2 aliphatic rings. The number of fused-ring (bicyclic) bond motifs is 1. The number of likely N-dealkylation sites (N-methyl/N-ethyl adjacent to an activating group) is 1. The molecule has 0 saturated carbocycles. The van der Waals surface area contributed by atoms with Crippen molar-refractivity contribution in [2.75, 3.05) is 26.7 Å². The highest BCUT2D eigenvalue weighted by molar-refractivity contribution is 5.78. The molecule has 0 aromatic heterocycles. The number of carbonyl (C=O) groups excluding carboxylic acids is 1. The van der Waals surface area contributed by atoms with Gasteiger partial charge in [0.05, 0.1) is 0 Å². The van der Waals surface area contributed by atoms with Crippen molar-refractivity contribution in [3.8, 4) is 0 Å². The first kappa shape index (κ1) is 10.5. The first-order chi connectivity index (χ1) is 6.27. The monoisotopic (exact) mass is 184 g/mol. The Hall–Kier alpha value is -0.570.